The molecule has 140 valence electrons. The van der Waals surface area contributed by atoms with Gasteiger partial charge in [-0.1, -0.05) is 11.2 Å². The summed E-state index contributed by atoms with van der Waals surface area (Å²) in [6.45, 7) is 0. The molecule has 6 nitrogen and oxygen atoms in total. The number of alkyl halides is 3. The van der Waals surface area contributed by atoms with Crippen LogP contribution >= 0.6 is 0 Å². The van der Waals surface area contributed by atoms with Crippen molar-refractivity contribution in [3.8, 4) is 11.5 Å². The average Bonchev–Trinajstić information content (AvgIpc) is 2.60. The molecule has 0 atom stereocenters. The molecule has 0 saturated carbocycles. The zero-order valence-electron chi connectivity index (χ0n) is 13.6. The summed E-state index contributed by atoms with van der Waals surface area (Å²) in [7, 11) is -1.62. The third-order valence-electron chi connectivity index (χ3n) is 3.20. The van der Waals surface area contributed by atoms with E-state index in [-0.39, 0.29) is 0 Å². The molecule has 0 fully saturated rings. The third kappa shape index (κ3) is 4.66. The fourth-order valence-corrected chi connectivity index (χ4v) is 2.70. The zero-order chi connectivity index (χ0) is 19.4. The molecule has 0 unspecified atom stereocenters. The minimum absolute atomic E-state index is 0.386. The lowest BCUT2D eigenvalue weighted by Crippen LogP contribution is -2.08. The van der Waals surface area contributed by atoms with Gasteiger partial charge in [-0.3, -0.25) is 4.28 Å². The molecule has 0 radical (unpaired) electrons. The van der Waals surface area contributed by atoms with E-state index in [0.29, 0.717) is 23.1 Å². The first-order valence-corrected chi connectivity index (χ1v) is 8.44. The van der Waals surface area contributed by atoms with Crippen LogP contribution in [0.4, 0.5) is 13.2 Å². The Labute approximate surface area is 147 Å². The second-order valence-electron chi connectivity index (χ2n) is 4.90. The van der Waals surface area contributed by atoms with Gasteiger partial charge in [0.05, 0.1) is 26.0 Å². The van der Waals surface area contributed by atoms with Crippen LogP contribution in [0.25, 0.3) is 0 Å². The third-order valence-corrected chi connectivity index (χ3v) is 4.31. The lowest BCUT2D eigenvalue weighted by molar-refractivity contribution is -0.137. The smallest absolute Gasteiger partial charge is 0.416 e. The highest BCUT2D eigenvalue weighted by Crippen LogP contribution is 2.31. The fourth-order valence-electron chi connectivity index (χ4n) is 1.94. The Hall–Kier alpha value is -2.75. The molecule has 0 spiro atoms. The first kappa shape index (κ1) is 19.6. The lowest BCUT2D eigenvalue weighted by Gasteiger charge is -2.08. The van der Waals surface area contributed by atoms with Crippen LogP contribution in [0.2, 0.25) is 0 Å². The van der Waals surface area contributed by atoms with Crippen molar-refractivity contribution in [2.45, 2.75) is 11.1 Å². The maximum absolute atomic E-state index is 12.7. The van der Waals surface area contributed by atoms with Gasteiger partial charge in [-0.25, -0.2) is 0 Å². The predicted octanol–water partition coefficient (Wildman–Crippen LogP) is 3.46. The molecular weight excluding hydrogens is 375 g/mol. The quantitative estimate of drug-likeness (QED) is 0.559. The van der Waals surface area contributed by atoms with Crippen LogP contribution in [-0.2, 0) is 20.6 Å². The molecule has 0 aliphatic heterocycles. The van der Waals surface area contributed by atoms with Crippen molar-refractivity contribution < 1.29 is 35.3 Å². The normalized spacial score (nSPS) is 12.2. The summed E-state index contributed by atoms with van der Waals surface area (Å²) in [4.78, 5) is -0.656. The van der Waals surface area contributed by atoms with E-state index in [9.17, 15) is 21.6 Å². The first-order chi connectivity index (χ1) is 12.2. The number of nitrogens with zero attached hydrogens (tertiary/aromatic N) is 1. The van der Waals surface area contributed by atoms with Crippen LogP contribution in [0.15, 0.2) is 52.5 Å². The van der Waals surface area contributed by atoms with E-state index >= 15 is 0 Å². The lowest BCUT2D eigenvalue weighted by atomic mass is 10.2. The summed E-state index contributed by atoms with van der Waals surface area (Å²) in [6, 6.07) is 7.83. The van der Waals surface area contributed by atoms with Crippen LogP contribution in [-0.4, -0.2) is 28.9 Å². The van der Waals surface area contributed by atoms with Crippen molar-refractivity contribution in [2.24, 2.45) is 5.16 Å². The molecule has 2 aromatic rings. The molecule has 26 heavy (non-hydrogen) atoms. The molecule has 10 heteroatoms. The molecule has 0 aliphatic rings. The molecule has 0 amide bonds. The maximum Gasteiger partial charge on any atom is 0.416 e. The number of ether oxygens (including phenoxy) is 2. The van der Waals surface area contributed by atoms with Crippen LogP contribution in [0.1, 0.15) is 11.1 Å². The van der Waals surface area contributed by atoms with Crippen LogP contribution in [0.5, 0.6) is 11.5 Å². The van der Waals surface area contributed by atoms with Gasteiger partial charge >= 0.3 is 16.3 Å². The van der Waals surface area contributed by atoms with Gasteiger partial charge in [-0.05, 0) is 36.4 Å². The van der Waals surface area contributed by atoms with Gasteiger partial charge in [0.1, 0.15) is 4.90 Å². The van der Waals surface area contributed by atoms with Crippen molar-refractivity contribution in [3.05, 3.63) is 53.6 Å². The fraction of sp³-hybridized carbons (Fsp3) is 0.188. The van der Waals surface area contributed by atoms with E-state index in [1.165, 1.54) is 20.3 Å². The van der Waals surface area contributed by atoms with E-state index in [2.05, 4.69) is 9.44 Å². The van der Waals surface area contributed by atoms with Crippen molar-refractivity contribution in [1.82, 2.24) is 0 Å². The minimum atomic E-state index is -4.67. The molecular formula is C16H14F3NO5S. The predicted molar refractivity (Wildman–Crippen MR) is 86.9 cm³/mol. The summed E-state index contributed by atoms with van der Waals surface area (Å²) in [5.74, 6) is 0.847. The van der Waals surface area contributed by atoms with Crippen molar-refractivity contribution >= 4 is 16.3 Å². The number of halogens is 3. The highest BCUT2D eigenvalue weighted by atomic mass is 32.2. The van der Waals surface area contributed by atoms with Crippen molar-refractivity contribution in [2.75, 3.05) is 14.2 Å². The van der Waals surface area contributed by atoms with Gasteiger partial charge in [-0.2, -0.15) is 21.6 Å². The van der Waals surface area contributed by atoms with Gasteiger partial charge < -0.3 is 9.47 Å². The van der Waals surface area contributed by atoms with E-state index in [1.807, 2.05) is 0 Å². The highest BCUT2D eigenvalue weighted by Gasteiger charge is 2.32. The monoisotopic (exact) mass is 389 g/mol. The van der Waals surface area contributed by atoms with E-state index in [0.717, 1.165) is 24.4 Å². The molecule has 0 aliphatic carbocycles. The van der Waals surface area contributed by atoms with E-state index in [1.54, 1.807) is 12.1 Å². The number of rotatable bonds is 6. The number of hydrogen-bond acceptors (Lipinski definition) is 6. The van der Waals surface area contributed by atoms with Crippen LogP contribution < -0.4 is 9.47 Å². The van der Waals surface area contributed by atoms with Crippen LogP contribution in [0, 0.1) is 0 Å². The Kier molecular flexibility index (Phi) is 5.76. The highest BCUT2D eigenvalue weighted by molar-refractivity contribution is 7.86. The molecule has 0 saturated heterocycles. The first-order valence-electron chi connectivity index (χ1n) is 7.03. The Morgan fingerprint density at radius 1 is 1.00 bits per heavy atom. The Bertz CT molecular complexity index is 910. The van der Waals surface area contributed by atoms with E-state index < -0.39 is 26.8 Å². The summed E-state index contributed by atoms with van der Waals surface area (Å²) >= 11 is 0. The summed E-state index contributed by atoms with van der Waals surface area (Å²) in [5, 5.41) is 3.32. The van der Waals surface area contributed by atoms with Gasteiger partial charge in [-0.15, -0.1) is 0 Å². The molecule has 2 aromatic carbocycles. The Morgan fingerprint density at radius 3 is 2.31 bits per heavy atom. The largest absolute Gasteiger partial charge is 0.493 e. The number of methoxy groups -OCH3 is 2. The molecule has 0 N–H and O–H groups in total. The second kappa shape index (κ2) is 7.65. The van der Waals surface area contributed by atoms with Crippen molar-refractivity contribution in [3.63, 3.8) is 0 Å². The van der Waals surface area contributed by atoms with Crippen LogP contribution in [0.3, 0.4) is 0 Å². The number of oxime groups is 1. The minimum Gasteiger partial charge on any atom is -0.493 e. The number of hydrogen-bond donors (Lipinski definition) is 0. The summed E-state index contributed by atoms with van der Waals surface area (Å²) in [5.41, 5.74) is -0.673. The average molecular weight is 389 g/mol. The Morgan fingerprint density at radius 2 is 1.69 bits per heavy atom. The molecule has 0 aromatic heterocycles. The van der Waals surface area contributed by atoms with Gasteiger partial charge in [0.15, 0.2) is 11.5 Å². The standard InChI is InChI=1S/C16H14F3NO5S/c1-23-14-7-6-11(8-15(14)24-2)10-20-25-26(21,22)13-5-3-4-12(9-13)16(17,18)19/h3-10H,1-2H3. The zero-order valence-corrected chi connectivity index (χ0v) is 14.5. The molecule has 0 heterocycles. The summed E-state index contributed by atoms with van der Waals surface area (Å²) < 4.78 is 76.5. The topological polar surface area (TPSA) is 74.2 Å². The molecule has 0 bridgehead atoms. The second-order valence-corrected chi connectivity index (χ2v) is 6.43. The Balaban J connectivity index is 2.19. The van der Waals surface area contributed by atoms with Crippen molar-refractivity contribution in [1.29, 1.82) is 0 Å². The molecule has 2 rings (SSSR count). The number of benzene rings is 2. The summed E-state index contributed by atoms with van der Waals surface area (Å²) in [6.07, 6.45) is -3.60. The van der Waals surface area contributed by atoms with Gasteiger partial charge in [0.25, 0.3) is 0 Å². The maximum atomic E-state index is 12.7. The SMILES string of the molecule is COc1ccc(C=NOS(=O)(=O)c2cccc(C(F)(F)F)c2)cc1OC. The van der Waals surface area contributed by atoms with Gasteiger partial charge in [0, 0.05) is 5.56 Å². The van der Waals surface area contributed by atoms with E-state index in [4.69, 9.17) is 9.47 Å². The van der Waals surface area contributed by atoms with Gasteiger partial charge in [0.2, 0.25) is 0 Å².